The summed E-state index contributed by atoms with van der Waals surface area (Å²) in [4.78, 5) is 53.9. The molecule has 4 N–H and O–H groups in total. The first kappa shape index (κ1) is 34.0. The normalized spacial score (nSPS) is 11.4. The van der Waals surface area contributed by atoms with Crippen molar-refractivity contribution in [2.24, 2.45) is 0 Å². The Hall–Kier alpha value is -6.85. The Balaban J connectivity index is 1.07. The van der Waals surface area contributed by atoms with Crippen molar-refractivity contribution in [3.05, 3.63) is 180 Å². The minimum atomic E-state index is -0.518. The van der Waals surface area contributed by atoms with Crippen molar-refractivity contribution >= 4 is 58.9 Å². The molecule has 2 heterocycles. The van der Waals surface area contributed by atoms with Crippen LogP contribution in [0.25, 0.3) is 12.2 Å². The van der Waals surface area contributed by atoms with Gasteiger partial charge in [-0.05, 0) is 97.1 Å². The number of amides is 4. The number of carbonyl (C=O) groups is 4. The molecule has 0 aliphatic carbocycles. The Morgan fingerprint density at radius 1 is 0.471 bits per heavy atom. The fourth-order valence-corrected chi connectivity index (χ4v) is 5.48. The zero-order valence-electron chi connectivity index (χ0n) is 26.9. The lowest BCUT2D eigenvalue weighted by atomic mass is 10.2. The lowest BCUT2D eigenvalue weighted by Gasteiger charge is -2.12. The molecule has 6 rings (SSSR count). The number of furan rings is 2. The van der Waals surface area contributed by atoms with Crippen molar-refractivity contribution in [1.29, 1.82) is 0 Å². The number of hydrogen-bond acceptors (Lipinski definition) is 7. The van der Waals surface area contributed by atoms with E-state index in [1.165, 1.54) is 36.4 Å². The zero-order valence-corrected chi connectivity index (χ0v) is 27.7. The number of benzene rings is 4. The molecule has 0 bridgehead atoms. The molecule has 0 unspecified atom stereocenters. The monoisotopic (exact) mass is 694 g/mol. The zero-order chi connectivity index (χ0) is 35.4. The molecule has 0 spiro atoms. The summed E-state index contributed by atoms with van der Waals surface area (Å²) in [7, 11) is 0. The number of rotatable bonds is 12. The molecule has 6 aromatic rings. The van der Waals surface area contributed by atoms with E-state index in [1.807, 2.05) is 24.3 Å². The summed E-state index contributed by atoms with van der Waals surface area (Å²) in [6.45, 7) is 0. The standard InChI is InChI=1S/C40H30N4O6S/c45-37(27-9-3-1-4-10-27)43-35(25-31-13-7-23-49-31)39(47)41-29-15-19-33(20-16-29)51-34-21-17-30(18-22-34)42-40(48)36(26-32-14-8-24-50-32)44-38(46)28-11-5-2-6-12-28/h1-26H,(H,41,47)(H,42,48)(H,43,45)(H,44,46). The Morgan fingerprint density at radius 2 is 0.863 bits per heavy atom. The van der Waals surface area contributed by atoms with Gasteiger partial charge in [-0.2, -0.15) is 0 Å². The predicted octanol–water partition coefficient (Wildman–Crippen LogP) is 7.84. The fraction of sp³-hybridized carbons (Fsp3) is 0. The van der Waals surface area contributed by atoms with Crippen LogP contribution >= 0.6 is 11.8 Å². The SMILES string of the molecule is O=C(Nc1ccc(Sc2ccc(NC(=O)C(=Cc3ccco3)NC(=O)c3ccccc3)cc2)cc1)C(=Cc1ccco1)NC(=O)c1ccccc1. The van der Waals surface area contributed by atoms with Crippen LogP contribution < -0.4 is 21.3 Å². The van der Waals surface area contributed by atoms with E-state index in [4.69, 9.17) is 8.83 Å². The van der Waals surface area contributed by atoms with Gasteiger partial charge < -0.3 is 30.1 Å². The molecular weight excluding hydrogens is 665 g/mol. The second-order valence-electron chi connectivity index (χ2n) is 10.8. The van der Waals surface area contributed by atoms with E-state index in [1.54, 1.807) is 109 Å². The molecule has 4 amide bonds. The van der Waals surface area contributed by atoms with Crippen molar-refractivity contribution in [2.75, 3.05) is 10.6 Å². The smallest absolute Gasteiger partial charge is 0.272 e. The molecule has 0 fully saturated rings. The molecule has 2 aromatic heterocycles. The van der Waals surface area contributed by atoms with Crippen molar-refractivity contribution in [3.8, 4) is 0 Å². The van der Waals surface area contributed by atoms with E-state index < -0.39 is 23.6 Å². The number of nitrogens with one attached hydrogen (secondary N) is 4. The second-order valence-corrected chi connectivity index (χ2v) is 12.0. The van der Waals surface area contributed by atoms with E-state index in [9.17, 15) is 19.2 Å². The molecule has 11 heteroatoms. The molecule has 0 atom stereocenters. The summed E-state index contributed by atoms with van der Waals surface area (Å²) in [5.41, 5.74) is 1.91. The third kappa shape index (κ3) is 9.62. The highest BCUT2D eigenvalue weighted by atomic mass is 32.2. The Morgan fingerprint density at radius 3 is 1.22 bits per heavy atom. The Labute approximate surface area is 297 Å². The summed E-state index contributed by atoms with van der Waals surface area (Å²) in [6.07, 6.45) is 5.88. The van der Waals surface area contributed by atoms with Crippen molar-refractivity contribution in [2.45, 2.75) is 9.79 Å². The molecule has 252 valence electrons. The van der Waals surface area contributed by atoms with E-state index in [0.717, 1.165) is 9.79 Å². The topological polar surface area (TPSA) is 143 Å². The van der Waals surface area contributed by atoms with Gasteiger partial charge in [0.1, 0.15) is 22.9 Å². The largest absolute Gasteiger partial charge is 0.465 e. The molecule has 0 radical (unpaired) electrons. The average Bonchev–Trinajstić information content (AvgIpc) is 3.88. The van der Waals surface area contributed by atoms with Crippen LogP contribution in [0.5, 0.6) is 0 Å². The molecule has 0 aliphatic rings. The van der Waals surface area contributed by atoms with E-state index in [2.05, 4.69) is 21.3 Å². The maximum atomic E-state index is 13.2. The predicted molar refractivity (Wildman–Crippen MR) is 195 cm³/mol. The maximum Gasteiger partial charge on any atom is 0.272 e. The number of anilines is 2. The van der Waals surface area contributed by atoms with Gasteiger partial charge in [0.05, 0.1) is 12.5 Å². The highest BCUT2D eigenvalue weighted by molar-refractivity contribution is 7.99. The molecule has 0 aliphatic heterocycles. The van der Waals surface area contributed by atoms with Gasteiger partial charge in [-0.25, -0.2) is 0 Å². The molecule has 51 heavy (non-hydrogen) atoms. The van der Waals surface area contributed by atoms with E-state index in [0.29, 0.717) is 34.0 Å². The highest BCUT2D eigenvalue weighted by Gasteiger charge is 2.17. The molecule has 10 nitrogen and oxygen atoms in total. The Kier molecular flexibility index (Phi) is 11.0. The maximum absolute atomic E-state index is 13.2. The van der Waals surface area contributed by atoms with Gasteiger partial charge in [-0.15, -0.1) is 0 Å². The van der Waals surface area contributed by atoms with Crippen LogP contribution in [-0.4, -0.2) is 23.6 Å². The van der Waals surface area contributed by atoms with Crippen molar-refractivity contribution < 1.29 is 28.0 Å². The Bertz CT molecular complexity index is 2000. The minimum Gasteiger partial charge on any atom is -0.465 e. The van der Waals surface area contributed by atoms with Crippen molar-refractivity contribution in [3.63, 3.8) is 0 Å². The molecular formula is C40H30N4O6S. The van der Waals surface area contributed by atoms with Gasteiger partial charge >= 0.3 is 0 Å². The summed E-state index contributed by atoms with van der Waals surface area (Å²) >= 11 is 1.49. The summed E-state index contributed by atoms with van der Waals surface area (Å²) in [6, 6.07) is 38.4. The first-order valence-electron chi connectivity index (χ1n) is 15.6. The summed E-state index contributed by atoms with van der Waals surface area (Å²) in [5.74, 6) is -1.08. The third-order valence-electron chi connectivity index (χ3n) is 7.18. The molecule has 4 aromatic carbocycles. The fourth-order valence-electron chi connectivity index (χ4n) is 4.66. The van der Waals surface area contributed by atoms with Gasteiger partial charge in [0.15, 0.2) is 0 Å². The van der Waals surface area contributed by atoms with E-state index >= 15 is 0 Å². The lowest BCUT2D eigenvalue weighted by Crippen LogP contribution is -2.30. The molecule has 0 saturated heterocycles. The van der Waals surface area contributed by atoms with Gasteiger partial charge in [-0.3, -0.25) is 19.2 Å². The summed E-state index contributed by atoms with van der Waals surface area (Å²) < 4.78 is 10.7. The number of carbonyl (C=O) groups excluding carboxylic acids is 4. The van der Waals surface area contributed by atoms with Crippen LogP contribution in [-0.2, 0) is 9.59 Å². The van der Waals surface area contributed by atoms with Crippen LogP contribution in [0.4, 0.5) is 11.4 Å². The van der Waals surface area contributed by atoms with E-state index in [-0.39, 0.29) is 11.4 Å². The highest BCUT2D eigenvalue weighted by Crippen LogP contribution is 2.30. The van der Waals surface area contributed by atoms with Crippen LogP contribution in [0.15, 0.2) is 176 Å². The van der Waals surface area contributed by atoms with Gasteiger partial charge in [0, 0.05) is 44.4 Å². The van der Waals surface area contributed by atoms with Crippen LogP contribution in [0, 0.1) is 0 Å². The van der Waals surface area contributed by atoms with Crippen LogP contribution in [0.1, 0.15) is 32.2 Å². The van der Waals surface area contributed by atoms with Gasteiger partial charge in [0.25, 0.3) is 23.6 Å². The third-order valence-corrected chi connectivity index (χ3v) is 8.19. The van der Waals surface area contributed by atoms with Crippen LogP contribution in [0.2, 0.25) is 0 Å². The average molecular weight is 695 g/mol. The van der Waals surface area contributed by atoms with Crippen molar-refractivity contribution in [1.82, 2.24) is 10.6 Å². The first-order valence-corrected chi connectivity index (χ1v) is 16.5. The van der Waals surface area contributed by atoms with Crippen LogP contribution in [0.3, 0.4) is 0 Å². The first-order chi connectivity index (χ1) is 24.9. The molecule has 0 saturated carbocycles. The second kappa shape index (κ2) is 16.5. The van der Waals surface area contributed by atoms with Gasteiger partial charge in [0.2, 0.25) is 0 Å². The van der Waals surface area contributed by atoms with Gasteiger partial charge in [-0.1, -0.05) is 48.2 Å². The number of hydrogen-bond donors (Lipinski definition) is 4. The lowest BCUT2D eigenvalue weighted by molar-refractivity contribution is -0.113. The summed E-state index contributed by atoms with van der Waals surface area (Å²) in [5, 5.41) is 11.0. The quantitative estimate of drug-likeness (QED) is 0.0956. The minimum absolute atomic E-state index is 0.0200.